The van der Waals surface area contributed by atoms with Gasteiger partial charge in [0.1, 0.15) is 23.6 Å². The first-order valence-corrected chi connectivity index (χ1v) is 12.2. The highest BCUT2D eigenvalue weighted by molar-refractivity contribution is 6.30. The van der Waals surface area contributed by atoms with E-state index in [4.69, 9.17) is 21.1 Å². The van der Waals surface area contributed by atoms with Crippen LogP contribution in [0.15, 0.2) is 61.0 Å². The summed E-state index contributed by atoms with van der Waals surface area (Å²) in [5, 5.41) is 0.635. The number of ether oxygens (including phenoxy) is 2. The molecule has 2 fully saturated rings. The van der Waals surface area contributed by atoms with E-state index >= 15 is 0 Å². The lowest BCUT2D eigenvalue weighted by atomic mass is 9.99. The van der Waals surface area contributed by atoms with Crippen molar-refractivity contribution in [3.8, 4) is 0 Å². The molecule has 0 spiro atoms. The SMILES string of the molecule is C=C1O[C@@H](CN2CCC(N(C)C(=O)OC(C)(C)C)C2)[C@H](c2cccc(F)c2)N1c1ccc(Cl)cc1. The van der Waals surface area contributed by atoms with Crippen molar-refractivity contribution in [3.63, 3.8) is 0 Å². The van der Waals surface area contributed by atoms with Crippen molar-refractivity contribution in [1.29, 1.82) is 0 Å². The summed E-state index contributed by atoms with van der Waals surface area (Å²) in [4.78, 5) is 18.5. The lowest BCUT2D eigenvalue weighted by Crippen LogP contribution is -2.43. The predicted octanol–water partition coefficient (Wildman–Crippen LogP) is 5.84. The minimum absolute atomic E-state index is 0.0504. The predicted molar refractivity (Wildman–Crippen MR) is 136 cm³/mol. The number of halogens is 2. The number of hydrogen-bond donors (Lipinski definition) is 0. The molecule has 188 valence electrons. The monoisotopic (exact) mass is 501 g/mol. The molecule has 0 radical (unpaired) electrons. The molecule has 0 aliphatic carbocycles. The summed E-state index contributed by atoms with van der Waals surface area (Å²) < 4.78 is 26.0. The Morgan fingerprint density at radius 2 is 1.97 bits per heavy atom. The van der Waals surface area contributed by atoms with E-state index in [0.717, 1.165) is 24.2 Å². The average molecular weight is 502 g/mol. The number of carbonyl (C=O) groups excluding carboxylic acids is 1. The molecule has 1 amide bonds. The first kappa shape index (κ1) is 25.3. The van der Waals surface area contributed by atoms with Crippen LogP contribution >= 0.6 is 11.6 Å². The number of anilines is 1. The highest BCUT2D eigenvalue weighted by atomic mass is 35.5. The molecule has 2 aromatic carbocycles. The normalized spacial score (nSPS) is 22.9. The summed E-state index contributed by atoms with van der Waals surface area (Å²) in [6.07, 6.45) is 0.251. The second-order valence-corrected chi connectivity index (χ2v) is 10.6. The van der Waals surface area contributed by atoms with Crippen molar-refractivity contribution in [1.82, 2.24) is 9.80 Å². The van der Waals surface area contributed by atoms with Gasteiger partial charge in [0, 0.05) is 43.4 Å². The Bertz CT molecular complexity index is 1070. The number of likely N-dealkylation sites (tertiary alicyclic amines) is 1. The standard InChI is InChI=1S/C27H33ClFN3O3/c1-18-32(22-11-9-20(28)10-12-22)25(19-7-6-8-21(29)15-19)24(34-18)17-31-14-13-23(16-31)30(5)26(33)35-27(2,3)4/h6-12,15,23-25H,1,13-14,16-17H2,2-5H3/t23?,24-,25-/m0/s1. The molecule has 1 unspecified atom stereocenters. The van der Waals surface area contributed by atoms with E-state index in [2.05, 4.69) is 11.5 Å². The van der Waals surface area contributed by atoms with E-state index in [-0.39, 0.29) is 30.1 Å². The number of nitrogens with zero attached hydrogens (tertiary/aromatic N) is 3. The van der Waals surface area contributed by atoms with Gasteiger partial charge in [0.25, 0.3) is 0 Å². The third-order valence-corrected chi connectivity index (χ3v) is 6.65. The van der Waals surface area contributed by atoms with Gasteiger partial charge in [0.15, 0.2) is 5.88 Å². The third-order valence-electron chi connectivity index (χ3n) is 6.40. The Labute approximate surface area is 211 Å². The van der Waals surface area contributed by atoms with E-state index in [9.17, 15) is 9.18 Å². The van der Waals surface area contributed by atoms with Crippen LogP contribution in [0.3, 0.4) is 0 Å². The quantitative estimate of drug-likeness (QED) is 0.515. The van der Waals surface area contributed by atoms with Crippen molar-refractivity contribution < 1.29 is 18.7 Å². The number of benzene rings is 2. The van der Waals surface area contributed by atoms with E-state index in [1.807, 2.05) is 56.0 Å². The minimum Gasteiger partial charge on any atom is -0.472 e. The van der Waals surface area contributed by atoms with Gasteiger partial charge in [-0.1, -0.05) is 23.7 Å². The van der Waals surface area contributed by atoms with Crippen LogP contribution in [-0.2, 0) is 9.47 Å². The van der Waals surface area contributed by atoms with E-state index < -0.39 is 5.60 Å². The van der Waals surface area contributed by atoms with Crippen LogP contribution in [0.25, 0.3) is 0 Å². The van der Waals surface area contributed by atoms with Crippen molar-refractivity contribution >= 4 is 23.4 Å². The van der Waals surface area contributed by atoms with E-state index in [1.165, 1.54) is 6.07 Å². The summed E-state index contributed by atoms with van der Waals surface area (Å²) in [6, 6.07) is 13.9. The van der Waals surface area contributed by atoms with Gasteiger partial charge >= 0.3 is 6.09 Å². The Balaban J connectivity index is 1.52. The Hall–Kier alpha value is -2.77. The topological polar surface area (TPSA) is 45.3 Å². The molecule has 6 nitrogen and oxygen atoms in total. The van der Waals surface area contributed by atoms with Crippen molar-refractivity contribution in [2.75, 3.05) is 31.6 Å². The largest absolute Gasteiger partial charge is 0.472 e. The lowest BCUT2D eigenvalue weighted by molar-refractivity contribution is 0.0224. The van der Waals surface area contributed by atoms with Crippen LogP contribution in [0.5, 0.6) is 0 Å². The third kappa shape index (κ3) is 5.90. The first-order chi connectivity index (χ1) is 16.5. The van der Waals surface area contributed by atoms with Gasteiger partial charge in [-0.25, -0.2) is 9.18 Å². The summed E-state index contributed by atoms with van der Waals surface area (Å²) in [6.45, 7) is 11.9. The fourth-order valence-corrected chi connectivity index (χ4v) is 4.87. The molecule has 2 aliphatic heterocycles. The highest BCUT2D eigenvalue weighted by Crippen LogP contribution is 2.42. The number of rotatable bonds is 5. The molecule has 0 saturated carbocycles. The number of likely N-dealkylation sites (N-methyl/N-ethyl adjacent to an activating group) is 1. The maximum absolute atomic E-state index is 14.2. The second-order valence-electron chi connectivity index (χ2n) is 10.2. The van der Waals surface area contributed by atoms with Crippen molar-refractivity contribution in [2.24, 2.45) is 0 Å². The summed E-state index contributed by atoms with van der Waals surface area (Å²) in [5.41, 5.74) is 1.15. The molecule has 2 aliphatic rings. The Morgan fingerprint density at radius 1 is 1.26 bits per heavy atom. The molecule has 2 aromatic rings. The smallest absolute Gasteiger partial charge is 0.410 e. The molecule has 35 heavy (non-hydrogen) atoms. The zero-order valence-corrected chi connectivity index (χ0v) is 21.5. The van der Waals surface area contributed by atoms with Crippen LogP contribution in [0, 0.1) is 5.82 Å². The highest BCUT2D eigenvalue weighted by Gasteiger charge is 2.42. The molecule has 3 atom stereocenters. The zero-order chi connectivity index (χ0) is 25.3. The van der Waals surface area contributed by atoms with E-state index in [1.54, 1.807) is 24.1 Å². The van der Waals surface area contributed by atoms with Crippen LogP contribution in [0.2, 0.25) is 5.02 Å². The number of carbonyl (C=O) groups is 1. The van der Waals surface area contributed by atoms with Gasteiger partial charge in [0.05, 0.1) is 0 Å². The van der Waals surface area contributed by atoms with Gasteiger partial charge in [0.2, 0.25) is 0 Å². The Kier molecular flexibility index (Phi) is 7.29. The molecular formula is C27H33ClFN3O3. The van der Waals surface area contributed by atoms with Gasteiger partial charge < -0.3 is 19.3 Å². The zero-order valence-electron chi connectivity index (χ0n) is 20.7. The second kappa shape index (κ2) is 10.1. The van der Waals surface area contributed by atoms with Crippen molar-refractivity contribution in [2.45, 2.75) is 51.0 Å². The minimum atomic E-state index is -0.537. The number of hydrogen-bond acceptors (Lipinski definition) is 5. The van der Waals surface area contributed by atoms with Gasteiger partial charge in [-0.15, -0.1) is 0 Å². The molecule has 0 N–H and O–H groups in total. The van der Waals surface area contributed by atoms with Gasteiger partial charge in [-0.05, 0) is 75.7 Å². The van der Waals surface area contributed by atoms with Crippen LogP contribution in [0.1, 0.15) is 38.8 Å². The number of amides is 1. The van der Waals surface area contributed by atoms with Crippen LogP contribution < -0.4 is 4.90 Å². The molecule has 8 heteroatoms. The van der Waals surface area contributed by atoms with Crippen LogP contribution in [-0.4, -0.2) is 60.3 Å². The molecule has 0 bridgehead atoms. The van der Waals surface area contributed by atoms with Gasteiger partial charge in [-0.3, -0.25) is 4.90 Å². The van der Waals surface area contributed by atoms with Crippen LogP contribution in [0.4, 0.5) is 14.9 Å². The average Bonchev–Trinajstić information content (AvgIpc) is 3.37. The molecule has 4 rings (SSSR count). The lowest BCUT2D eigenvalue weighted by Gasteiger charge is -2.30. The maximum atomic E-state index is 14.2. The van der Waals surface area contributed by atoms with Gasteiger partial charge in [-0.2, -0.15) is 0 Å². The van der Waals surface area contributed by atoms with Crippen molar-refractivity contribution in [3.05, 3.63) is 77.4 Å². The summed E-state index contributed by atoms with van der Waals surface area (Å²) in [5.74, 6) is 0.211. The summed E-state index contributed by atoms with van der Waals surface area (Å²) >= 11 is 6.10. The molecular weight excluding hydrogens is 469 g/mol. The fraction of sp³-hybridized carbons (Fsp3) is 0.444. The molecule has 2 heterocycles. The molecule has 0 aromatic heterocycles. The molecule has 2 saturated heterocycles. The summed E-state index contributed by atoms with van der Waals surface area (Å²) in [7, 11) is 1.79. The Morgan fingerprint density at radius 3 is 2.63 bits per heavy atom. The fourth-order valence-electron chi connectivity index (χ4n) is 4.75. The van der Waals surface area contributed by atoms with E-state index in [0.29, 0.717) is 24.0 Å². The first-order valence-electron chi connectivity index (χ1n) is 11.9. The maximum Gasteiger partial charge on any atom is 0.410 e.